The first-order chi connectivity index (χ1) is 15.1. The van der Waals surface area contributed by atoms with Crippen molar-refractivity contribution in [2.75, 3.05) is 0 Å². The number of rotatable bonds is 6. The van der Waals surface area contributed by atoms with E-state index in [9.17, 15) is 4.79 Å². The summed E-state index contributed by atoms with van der Waals surface area (Å²) >= 11 is 0. The lowest BCUT2D eigenvalue weighted by atomic mass is 9.47. The lowest BCUT2D eigenvalue weighted by molar-refractivity contribution is -0.148. The highest BCUT2D eigenvalue weighted by atomic mass is 16.5. The van der Waals surface area contributed by atoms with Gasteiger partial charge in [-0.1, -0.05) is 66.0 Å². The molecule has 0 radical (unpaired) electrons. The summed E-state index contributed by atoms with van der Waals surface area (Å²) in [5, 5.41) is 0. The summed E-state index contributed by atoms with van der Waals surface area (Å²) in [7, 11) is 0. The van der Waals surface area contributed by atoms with E-state index in [4.69, 9.17) is 4.74 Å². The first kappa shape index (κ1) is 24.3. The van der Waals surface area contributed by atoms with E-state index in [1.54, 1.807) is 12.5 Å². The molecular weight excluding hydrogens is 392 g/mol. The molecule has 0 aromatic heterocycles. The second-order valence-corrected chi connectivity index (χ2v) is 13.2. The van der Waals surface area contributed by atoms with Gasteiger partial charge in [0.25, 0.3) is 0 Å². The highest BCUT2D eigenvalue weighted by Gasteiger charge is 2.59. The lowest BCUT2D eigenvalue weighted by Crippen LogP contribution is -2.51. The standard InChI is InChI=1S/C30H50O2/c1-19(2)20(3)8-9-21(4)26-12-13-27-25-11-10-23-18-24(32-22(5)31)14-16-29(23,6)28(25)15-17-30(26,27)7/h10,19-21,24-28H,8-9,11-18H2,1-7H3/t20-,21-,24+,25+,26+,27+,28-,29+,30+/m1/s1. The van der Waals surface area contributed by atoms with Crippen molar-refractivity contribution >= 4 is 5.97 Å². The fraction of sp³-hybridized carbons (Fsp3) is 0.900. The van der Waals surface area contributed by atoms with Crippen LogP contribution in [0, 0.1) is 52.3 Å². The molecule has 0 aromatic carbocycles. The van der Waals surface area contributed by atoms with E-state index in [1.165, 1.54) is 51.4 Å². The molecule has 0 spiro atoms. The lowest BCUT2D eigenvalue weighted by Gasteiger charge is -2.58. The Balaban J connectivity index is 1.46. The zero-order valence-electron chi connectivity index (χ0n) is 22.1. The van der Waals surface area contributed by atoms with E-state index in [2.05, 4.69) is 47.6 Å². The van der Waals surface area contributed by atoms with Crippen LogP contribution in [0.4, 0.5) is 0 Å². The summed E-state index contributed by atoms with van der Waals surface area (Å²) in [5.41, 5.74) is 2.51. The predicted octanol–water partition coefficient (Wildman–Crippen LogP) is 8.21. The molecule has 4 rings (SSSR count). The zero-order chi connectivity index (χ0) is 23.3. The minimum atomic E-state index is -0.116. The molecule has 0 aromatic rings. The highest BCUT2D eigenvalue weighted by Crippen LogP contribution is 2.67. The van der Waals surface area contributed by atoms with E-state index < -0.39 is 0 Å². The van der Waals surface area contributed by atoms with Gasteiger partial charge in [-0.3, -0.25) is 4.79 Å². The predicted molar refractivity (Wildman–Crippen MR) is 133 cm³/mol. The Morgan fingerprint density at radius 1 is 1.03 bits per heavy atom. The van der Waals surface area contributed by atoms with Gasteiger partial charge >= 0.3 is 5.97 Å². The van der Waals surface area contributed by atoms with Crippen LogP contribution in [0.1, 0.15) is 113 Å². The SMILES string of the molecule is CC(=O)O[C@H]1CC[C@@]2(C)C(=CC[C@@H]3[C@H]2CC[C@]2(C)[C@H]3CC[C@H]2[C@H](C)CC[C@@H](C)C(C)C)C1. The van der Waals surface area contributed by atoms with Crippen LogP contribution in [-0.4, -0.2) is 12.1 Å². The largest absolute Gasteiger partial charge is 0.462 e. The molecule has 3 saturated carbocycles. The van der Waals surface area contributed by atoms with Gasteiger partial charge in [0.2, 0.25) is 0 Å². The van der Waals surface area contributed by atoms with Crippen LogP contribution < -0.4 is 0 Å². The molecule has 0 unspecified atom stereocenters. The molecule has 182 valence electrons. The highest BCUT2D eigenvalue weighted by molar-refractivity contribution is 5.66. The second kappa shape index (κ2) is 9.10. The van der Waals surface area contributed by atoms with Crippen LogP contribution in [-0.2, 0) is 9.53 Å². The molecule has 4 aliphatic rings. The maximum absolute atomic E-state index is 11.5. The first-order valence-electron chi connectivity index (χ1n) is 13.9. The van der Waals surface area contributed by atoms with Crippen molar-refractivity contribution in [1.29, 1.82) is 0 Å². The summed E-state index contributed by atoms with van der Waals surface area (Å²) in [4.78, 5) is 11.5. The molecule has 32 heavy (non-hydrogen) atoms. The van der Waals surface area contributed by atoms with Crippen molar-refractivity contribution in [3.63, 3.8) is 0 Å². The Hall–Kier alpha value is -0.790. The van der Waals surface area contributed by atoms with Crippen molar-refractivity contribution in [2.45, 2.75) is 119 Å². The van der Waals surface area contributed by atoms with Crippen LogP contribution in [0.25, 0.3) is 0 Å². The number of esters is 1. The fourth-order valence-electron chi connectivity index (χ4n) is 9.00. The minimum Gasteiger partial charge on any atom is -0.462 e. The van der Waals surface area contributed by atoms with Crippen molar-refractivity contribution < 1.29 is 9.53 Å². The van der Waals surface area contributed by atoms with Gasteiger partial charge in [0.15, 0.2) is 0 Å². The summed E-state index contributed by atoms with van der Waals surface area (Å²) in [6.07, 6.45) is 15.8. The first-order valence-corrected chi connectivity index (χ1v) is 13.9. The molecule has 0 bridgehead atoms. The quantitative estimate of drug-likeness (QED) is 0.306. The molecule has 4 aliphatic carbocycles. The number of hydrogen-bond acceptors (Lipinski definition) is 2. The van der Waals surface area contributed by atoms with E-state index in [1.807, 2.05) is 0 Å². The third-order valence-electron chi connectivity index (χ3n) is 11.4. The van der Waals surface area contributed by atoms with Gasteiger partial charge in [-0.05, 0) is 97.2 Å². The Bertz CT molecular complexity index is 722. The average molecular weight is 443 g/mol. The van der Waals surface area contributed by atoms with Gasteiger partial charge in [-0.25, -0.2) is 0 Å². The third-order valence-corrected chi connectivity index (χ3v) is 11.4. The average Bonchev–Trinajstić information content (AvgIpc) is 3.08. The maximum atomic E-state index is 11.5. The molecule has 0 aliphatic heterocycles. The number of allylic oxidation sites excluding steroid dienone is 1. The van der Waals surface area contributed by atoms with E-state index in [0.717, 1.165) is 54.3 Å². The van der Waals surface area contributed by atoms with Gasteiger partial charge in [0, 0.05) is 13.3 Å². The molecule has 0 amide bonds. The number of hydrogen-bond donors (Lipinski definition) is 0. The van der Waals surface area contributed by atoms with E-state index in [0.29, 0.717) is 10.8 Å². The van der Waals surface area contributed by atoms with Gasteiger partial charge in [-0.15, -0.1) is 0 Å². The van der Waals surface area contributed by atoms with Gasteiger partial charge in [0.1, 0.15) is 6.10 Å². The van der Waals surface area contributed by atoms with Crippen molar-refractivity contribution in [3.05, 3.63) is 11.6 Å². The van der Waals surface area contributed by atoms with Crippen molar-refractivity contribution in [2.24, 2.45) is 52.3 Å². The van der Waals surface area contributed by atoms with Crippen LogP contribution in [0.15, 0.2) is 11.6 Å². The molecule has 3 fully saturated rings. The molecule has 2 heteroatoms. The topological polar surface area (TPSA) is 26.3 Å². The van der Waals surface area contributed by atoms with E-state index in [-0.39, 0.29) is 12.1 Å². The smallest absolute Gasteiger partial charge is 0.302 e. The Labute approximate surface area is 198 Å². The number of carbonyl (C=O) groups is 1. The number of ether oxygens (including phenoxy) is 1. The molecule has 0 N–H and O–H groups in total. The van der Waals surface area contributed by atoms with Crippen LogP contribution in [0.2, 0.25) is 0 Å². The van der Waals surface area contributed by atoms with Gasteiger partial charge in [-0.2, -0.15) is 0 Å². The Kier molecular flexibility index (Phi) is 6.92. The van der Waals surface area contributed by atoms with Gasteiger partial charge < -0.3 is 4.74 Å². The van der Waals surface area contributed by atoms with Crippen molar-refractivity contribution in [3.8, 4) is 0 Å². The Morgan fingerprint density at radius 2 is 1.78 bits per heavy atom. The zero-order valence-corrected chi connectivity index (χ0v) is 22.1. The minimum absolute atomic E-state index is 0.113. The second-order valence-electron chi connectivity index (χ2n) is 13.2. The van der Waals surface area contributed by atoms with Crippen LogP contribution >= 0.6 is 0 Å². The summed E-state index contributed by atoms with van der Waals surface area (Å²) in [6, 6.07) is 0. The third kappa shape index (κ3) is 4.22. The Morgan fingerprint density at radius 3 is 2.47 bits per heavy atom. The normalized spacial score (nSPS) is 43.0. The molecule has 2 nitrogen and oxygen atoms in total. The molecule has 0 saturated heterocycles. The molecule has 0 heterocycles. The number of carbonyl (C=O) groups excluding carboxylic acids is 1. The van der Waals surface area contributed by atoms with Crippen LogP contribution in [0.5, 0.6) is 0 Å². The van der Waals surface area contributed by atoms with Crippen molar-refractivity contribution in [1.82, 2.24) is 0 Å². The molecular formula is C30H50O2. The fourth-order valence-corrected chi connectivity index (χ4v) is 9.00. The van der Waals surface area contributed by atoms with Crippen LogP contribution in [0.3, 0.4) is 0 Å². The maximum Gasteiger partial charge on any atom is 0.302 e. The summed E-state index contributed by atoms with van der Waals surface area (Å²) in [6.45, 7) is 16.6. The van der Waals surface area contributed by atoms with E-state index >= 15 is 0 Å². The summed E-state index contributed by atoms with van der Waals surface area (Å²) in [5.74, 6) is 5.96. The molecule has 9 atom stereocenters. The monoisotopic (exact) mass is 442 g/mol. The number of fused-ring (bicyclic) bond motifs is 5. The van der Waals surface area contributed by atoms with Gasteiger partial charge in [0.05, 0.1) is 0 Å². The summed E-state index contributed by atoms with van der Waals surface area (Å²) < 4.78 is 5.62.